The molecule has 25 heavy (non-hydrogen) atoms. The lowest BCUT2D eigenvalue weighted by Crippen LogP contribution is -2.43. The Balaban J connectivity index is 4.01. The van der Waals surface area contributed by atoms with Crippen LogP contribution in [0.3, 0.4) is 0 Å². The van der Waals surface area contributed by atoms with Crippen LogP contribution in [-0.2, 0) is 31.7 Å². The van der Waals surface area contributed by atoms with E-state index in [9.17, 15) is 14.3 Å². The zero-order chi connectivity index (χ0) is 19.6. The summed E-state index contributed by atoms with van der Waals surface area (Å²) in [5, 5.41) is 2.55. The first-order valence-electron chi connectivity index (χ1n) is 7.82. The zero-order valence-corrected chi connectivity index (χ0v) is 17.8. The van der Waals surface area contributed by atoms with E-state index >= 15 is 0 Å². The molecule has 1 unspecified atom stereocenters. The van der Waals surface area contributed by atoms with Gasteiger partial charge in [-0.05, 0) is 6.42 Å². The van der Waals surface area contributed by atoms with Crippen LogP contribution in [0.5, 0.6) is 0 Å². The molecule has 1 atom stereocenters. The summed E-state index contributed by atoms with van der Waals surface area (Å²) in [5.74, 6) is -0.550. The monoisotopic (exact) mass is 402 g/mol. The summed E-state index contributed by atoms with van der Waals surface area (Å²) in [6.07, 6.45) is 0.558. The molecule has 0 spiro atoms. The van der Waals surface area contributed by atoms with Crippen LogP contribution in [0, 0.1) is 0 Å². The van der Waals surface area contributed by atoms with E-state index < -0.39 is 29.1 Å². The van der Waals surface area contributed by atoms with Crippen molar-refractivity contribution in [1.29, 1.82) is 0 Å². The third-order valence-electron chi connectivity index (χ3n) is 3.28. The molecule has 0 rings (SSSR count). The van der Waals surface area contributed by atoms with E-state index in [2.05, 4.69) is 9.84 Å². The Bertz CT molecular complexity index is 434. The second-order valence-corrected chi connectivity index (χ2v) is 10.8. The number of rotatable bonds is 14. The summed E-state index contributed by atoms with van der Waals surface area (Å²) in [7, 11) is 3.09. The fourth-order valence-electron chi connectivity index (χ4n) is 1.74. The number of carbonyl (C=O) groups excluding carboxylic acids is 1. The third kappa shape index (κ3) is 11.8. The van der Waals surface area contributed by atoms with Gasteiger partial charge in [-0.3, -0.25) is 9.36 Å². The number of quaternary nitrogens is 1. The topological polar surface area (TPSA) is 115 Å². The maximum atomic E-state index is 11.6. The smallest absolute Gasteiger partial charge is 0.500 e. The third-order valence-corrected chi connectivity index (χ3v) is 7.06. The number of phosphoric ester groups is 1. The van der Waals surface area contributed by atoms with Crippen LogP contribution >= 0.6 is 7.82 Å². The standard InChI is InChI=1S/C13H31N2O8PSi/c1-15(2,3)9-10-22-24(17,18)23-12-13(16)14-8-7-11-25(19-4,20-5)21-6/h7-12H2,1-6H3,(H-,14,16,17,18). The number of nitrogens with zero attached hydrogens (tertiary/aromatic N) is 1. The van der Waals surface area contributed by atoms with Crippen molar-refractivity contribution < 1.29 is 41.1 Å². The van der Waals surface area contributed by atoms with Crippen molar-refractivity contribution in [3.8, 4) is 0 Å². The molecule has 0 bridgehead atoms. The van der Waals surface area contributed by atoms with Gasteiger partial charge in [0.05, 0.1) is 21.1 Å². The lowest BCUT2D eigenvalue weighted by atomic mass is 10.4. The van der Waals surface area contributed by atoms with Crippen molar-refractivity contribution in [1.82, 2.24) is 5.32 Å². The van der Waals surface area contributed by atoms with Crippen molar-refractivity contribution >= 4 is 22.5 Å². The van der Waals surface area contributed by atoms with Gasteiger partial charge in [0.2, 0.25) is 5.91 Å². The van der Waals surface area contributed by atoms with Crippen LogP contribution in [0.15, 0.2) is 0 Å². The predicted molar refractivity (Wildman–Crippen MR) is 91.6 cm³/mol. The van der Waals surface area contributed by atoms with Crippen molar-refractivity contribution in [2.45, 2.75) is 12.5 Å². The van der Waals surface area contributed by atoms with Gasteiger partial charge in [0, 0.05) is 33.9 Å². The van der Waals surface area contributed by atoms with Gasteiger partial charge in [-0.1, -0.05) is 0 Å². The zero-order valence-electron chi connectivity index (χ0n) is 15.9. The Morgan fingerprint density at radius 2 is 1.68 bits per heavy atom. The molecule has 0 aliphatic heterocycles. The van der Waals surface area contributed by atoms with Gasteiger partial charge in [0.25, 0.3) is 7.82 Å². The number of nitrogens with one attached hydrogen (secondary N) is 1. The number of likely N-dealkylation sites (N-methyl/N-ethyl adjacent to an activating group) is 1. The van der Waals surface area contributed by atoms with Crippen LogP contribution < -0.4 is 10.2 Å². The quantitative estimate of drug-likeness (QED) is 0.180. The molecule has 0 aromatic heterocycles. The average Bonchev–Trinajstić information content (AvgIpc) is 2.52. The second-order valence-electron chi connectivity index (χ2n) is 6.32. The van der Waals surface area contributed by atoms with Crippen LogP contribution in [0.1, 0.15) is 6.42 Å². The van der Waals surface area contributed by atoms with E-state index in [0.29, 0.717) is 30.0 Å². The molecule has 10 nitrogen and oxygen atoms in total. The van der Waals surface area contributed by atoms with Gasteiger partial charge in [-0.25, -0.2) is 0 Å². The number of hydrogen-bond donors (Lipinski definition) is 1. The summed E-state index contributed by atoms with van der Waals surface area (Å²) in [6, 6.07) is 0.520. The van der Waals surface area contributed by atoms with E-state index in [4.69, 9.17) is 17.8 Å². The molecule has 0 saturated heterocycles. The van der Waals surface area contributed by atoms with Gasteiger partial charge < -0.3 is 37.0 Å². The number of carbonyl (C=O) groups is 1. The molecule has 0 saturated carbocycles. The lowest BCUT2D eigenvalue weighted by Gasteiger charge is -2.27. The summed E-state index contributed by atoms with van der Waals surface area (Å²) in [5.41, 5.74) is 0. The first kappa shape index (κ1) is 24.6. The Labute approximate surface area is 150 Å². The fourth-order valence-corrected chi connectivity index (χ4v) is 4.12. The Morgan fingerprint density at radius 3 is 2.16 bits per heavy atom. The molecule has 0 radical (unpaired) electrons. The Kier molecular flexibility index (Phi) is 11.2. The van der Waals surface area contributed by atoms with E-state index in [-0.39, 0.29) is 6.61 Å². The first-order valence-corrected chi connectivity index (χ1v) is 11.2. The first-order chi connectivity index (χ1) is 11.5. The fraction of sp³-hybridized carbons (Fsp3) is 0.923. The molecule has 12 heteroatoms. The molecule has 0 aliphatic rings. The molecule has 0 aromatic rings. The molecule has 0 aliphatic carbocycles. The summed E-state index contributed by atoms with van der Waals surface area (Å²) in [4.78, 5) is 23.2. The highest BCUT2D eigenvalue weighted by Gasteiger charge is 2.36. The number of hydrogen-bond acceptors (Lipinski definition) is 8. The van der Waals surface area contributed by atoms with Crippen molar-refractivity contribution in [2.24, 2.45) is 0 Å². The minimum atomic E-state index is -4.49. The van der Waals surface area contributed by atoms with Crippen LogP contribution in [0.4, 0.5) is 0 Å². The highest BCUT2D eigenvalue weighted by molar-refractivity contribution is 7.45. The van der Waals surface area contributed by atoms with Crippen LogP contribution in [-0.4, -0.2) is 88.0 Å². The molecule has 150 valence electrons. The van der Waals surface area contributed by atoms with E-state index in [1.165, 1.54) is 21.3 Å². The maximum Gasteiger partial charge on any atom is 0.500 e. The van der Waals surface area contributed by atoms with E-state index in [1.807, 2.05) is 21.1 Å². The van der Waals surface area contributed by atoms with Crippen LogP contribution in [0.2, 0.25) is 6.04 Å². The highest BCUT2D eigenvalue weighted by Crippen LogP contribution is 2.37. The molecular weight excluding hydrogens is 371 g/mol. The summed E-state index contributed by atoms with van der Waals surface area (Å²) >= 11 is 0. The predicted octanol–water partition coefficient (Wildman–Crippen LogP) is -0.421. The van der Waals surface area contributed by atoms with Gasteiger partial charge in [0.1, 0.15) is 19.8 Å². The normalized spacial score (nSPS) is 15.0. The van der Waals surface area contributed by atoms with Crippen molar-refractivity contribution in [3.05, 3.63) is 0 Å². The molecule has 0 aromatic carbocycles. The molecule has 0 heterocycles. The molecule has 1 N–H and O–H groups in total. The minimum absolute atomic E-state index is 0.0103. The maximum absolute atomic E-state index is 11.6. The van der Waals surface area contributed by atoms with E-state index in [0.717, 1.165) is 0 Å². The van der Waals surface area contributed by atoms with Gasteiger partial charge in [-0.15, -0.1) is 0 Å². The second kappa shape index (κ2) is 11.4. The molecule has 0 fully saturated rings. The SMILES string of the molecule is CO[Si](CCCNC(=O)COP(=O)([O-])OCC[N+](C)(C)C)(OC)OC. The Morgan fingerprint density at radius 1 is 1.12 bits per heavy atom. The van der Waals surface area contributed by atoms with E-state index in [1.54, 1.807) is 0 Å². The average molecular weight is 402 g/mol. The lowest BCUT2D eigenvalue weighted by molar-refractivity contribution is -0.870. The molecular formula is C13H31N2O8PSi. The molecule has 1 amide bonds. The van der Waals surface area contributed by atoms with Gasteiger partial charge >= 0.3 is 8.80 Å². The summed E-state index contributed by atoms with van der Waals surface area (Å²) in [6.45, 7) is 0.181. The highest BCUT2D eigenvalue weighted by atomic mass is 31.2. The largest absolute Gasteiger partial charge is 0.756 e. The van der Waals surface area contributed by atoms with Crippen LogP contribution in [0.25, 0.3) is 0 Å². The van der Waals surface area contributed by atoms with Gasteiger partial charge in [0.15, 0.2) is 0 Å². The number of phosphoric acid groups is 1. The van der Waals surface area contributed by atoms with Gasteiger partial charge in [-0.2, -0.15) is 0 Å². The Hall–Kier alpha value is -0.363. The van der Waals surface area contributed by atoms with Crippen molar-refractivity contribution in [2.75, 3.05) is 68.8 Å². The van der Waals surface area contributed by atoms with Crippen molar-refractivity contribution in [3.63, 3.8) is 0 Å². The number of amides is 1. The minimum Gasteiger partial charge on any atom is -0.756 e. The summed E-state index contributed by atoms with van der Waals surface area (Å²) < 4.78 is 37.1.